The molecule has 1 aromatic rings. The minimum Gasteiger partial charge on any atom is -0.395 e. The Balaban J connectivity index is 2.76. The fourth-order valence-corrected chi connectivity index (χ4v) is 2.26. The van der Waals surface area contributed by atoms with E-state index in [1.165, 1.54) is 4.90 Å². The molecule has 0 unspecified atom stereocenters. The third kappa shape index (κ3) is 4.46. The van der Waals surface area contributed by atoms with Gasteiger partial charge in [0.05, 0.1) is 6.61 Å². The van der Waals surface area contributed by atoms with E-state index >= 15 is 0 Å². The molecule has 0 aromatic heterocycles. The lowest BCUT2D eigenvalue weighted by Gasteiger charge is -2.19. The van der Waals surface area contributed by atoms with Crippen molar-refractivity contribution in [1.82, 2.24) is 4.90 Å². The predicted octanol–water partition coefficient (Wildman–Crippen LogP) is 1.38. The van der Waals surface area contributed by atoms with Gasteiger partial charge in [-0.15, -0.1) is 0 Å². The standard InChI is InChI=1S/C13H17IN2O3/c1-3-16(6-7-17)13(19)12(18)15-11-5-4-10(14)8-9(11)2/h4-5,8,17H,3,6-7H2,1-2H3,(H,15,18). The van der Waals surface area contributed by atoms with E-state index in [9.17, 15) is 9.59 Å². The summed E-state index contributed by atoms with van der Waals surface area (Å²) in [7, 11) is 0. The molecule has 0 heterocycles. The minimum atomic E-state index is -0.681. The van der Waals surface area contributed by atoms with Gasteiger partial charge in [0.25, 0.3) is 0 Å². The van der Waals surface area contributed by atoms with E-state index in [2.05, 4.69) is 27.9 Å². The minimum absolute atomic E-state index is 0.157. The average Bonchev–Trinajstić information content (AvgIpc) is 2.38. The highest BCUT2D eigenvalue weighted by molar-refractivity contribution is 14.1. The SMILES string of the molecule is CCN(CCO)C(=O)C(=O)Nc1ccc(I)cc1C. The normalized spacial score (nSPS) is 10.1. The number of benzene rings is 1. The van der Waals surface area contributed by atoms with Crippen molar-refractivity contribution in [2.45, 2.75) is 13.8 Å². The fourth-order valence-electron chi connectivity index (χ4n) is 1.61. The smallest absolute Gasteiger partial charge is 0.313 e. The summed E-state index contributed by atoms with van der Waals surface area (Å²) in [5.74, 6) is -1.31. The number of aryl methyl sites for hydroxylation is 1. The van der Waals surface area contributed by atoms with Crippen LogP contribution in [-0.4, -0.2) is 41.5 Å². The number of nitrogens with one attached hydrogen (secondary N) is 1. The first kappa shape index (κ1) is 15.9. The largest absolute Gasteiger partial charge is 0.395 e. The molecule has 0 saturated heterocycles. The molecule has 0 fully saturated rings. The maximum atomic E-state index is 11.8. The number of hydrogen-bond acceptors (Lipinski definition) is 3. The van der Waals surface area contributed by atoms with Crippen LogP contribution in [0.2, 0.25) is 0 Å². The zero-order valence-corrected chi connectivity index (χ0v) is 13.1. The lowest BCUT2D eigenvalue weighted by atomic mass is 10.2. The van der Waals surface area contributed by atoms with Crippen LogP contribution in [-0.2, 0) is 9.59 Å². The zero-order valence-electron chi connectivity index (χ0n) is 10.9. The highest BCUT2D eigenvalue weighted by Gasteiger charge is 2.20. The van der Waals surface area contributed by atoms with Crippen molar-refractivity contribution in [3.05, 3.63) is 27.3 Å². The van der Waals surface area contributed by atoms with Gasteiger partial charge in [-0.1, -0.05) is 0 Å². The number of anilines is 1. The summed E-state index contributed by atoms with van der Waals surface area (Å²) in [6.45, 7) is 4.02. The van der Waals surface area contributed by atoms with Crippen molar-refractivity contribution < 1.29 is 14.7 Å². The van der Waals surface area contributed by atoms with Gasteiger partial charge in [-0.2, -0.15) is 0 Å². The molecule has 6 heteroatoms. The molecule has 1 aromatic carbocycles. The number of halogens is 1. The van der Waals surface area contributed by atoms with Gasteiger partial charge >= 0.3 is 11.8 Å². The summed E-state index contributed by atoms with van der Waals surface area (Å²) in [6.07, 6.45) is 0. The molecule has 1 rings (SSSR count). The Bertz CT molecular complexity index is 477. The molecular weight excluding hydrogens is 359 g/mol. The van der Waals surface area contributed by atoms with Gasteiger partial charge in [0.2, 0.25) is 0 Å². The Kier molecular flexibility index (Phi) is 6.23. The average molecular weight is 376 g/mol. The van der Waals surface area contributed by atoms with Crippen molar-refractivity contribution in [3.63, 3.8) is 0 Å². The van der Waals surface area contributed by atoms with Crippen molar-refractivity contribution in [2.24, 2.45) is 0 Å². The first-order valence-corrected chi connectivity index (χ1v) is 7.04. The Hall–Kier alpha value is -1.15. The van der Waals surface area contributed by atoms with Gasteiger partial charge < -0.3 is 15.3 Å². The Morgan fingerprint density at radius 1 is 1.42 bits per heavy atom. The second-order valence-electron chi connectivity index (χ2n) is 4.02. The number of hydrogen-bond donors (Lipinski definition) is 2. The van der Waals surface area contributed by atoms with Crippen LogP contribution in [0, 0.1) is 10.5 Å². The maximum absolute atomic E-state index is 11.8. The van der Waals surface area contributed by atoms with E-state index in [1.54, 1.807) is 13.0 Å². The van der Waals surface area contributed by atoms with Crippen molar-refractivity contribution in [2.75, 3.05) is 25.0 Å². The summed E-state index contributed by atoms with van der Waals surface area (Å²) in [4.78, 5) is 25.0. The Morgan fingerprint density at radius 2 is 2.11 bits per heavy atom. The van der Waals surface area contributed by atoms with Gasteiger partial charge in [0.15, 0.2) is 0 Å². The topological polar surface area (TPSA) is 69.6 Å². The van der Waals surface area contributed by atoms with E-state index in [0.717, 1.165) is 9.13 Å². The summed E-state index contributed by atoms with van der Waals surface area (Å²) < 4.78 is 1.06. The third-order valence-corrected chi connectivity index (χ3v) is 3.34. The van der Waals surface area contributed by atoms with Gasteiger partial charge in [-0.25, -0.2) is 0 Å². The van der Waals surface area contributed by atoms with Gasteiger partial charge in [-0.05, 0) is 60.2 Å². The lowest BCUT2D eigenvalue weighted by Crippen LogP contribution is -2.41. The number of amides is 2. The quantitative estimate of drug-likeness (QED) is 0.616. The number of aliphatic hydroxyl groups excluding tert-OH is 1. The lowest BCUT2D eigenvalue weighted by molar-refractivity contribution is -0.143. The molecule has 0 atom stereocenters. The van der Waals surface area contributed by atoms with Crippen LogP contribution in [0.15, 0.2) is 18.2 Å². The summed E-state index contributed by atoms with van der Waals surface area (Å²) in [5, 5.41) is 11.4. The second kappa shape index (κ2) is 7.44. The number of carbonyl (C=O) groups excluding carboxylic acids is 2. The number of likely N-dealkylation sites (N-methyl/N-ethyl adjacent to an activating group) is 1. The number of rotatable bonds is 4. The Labute approximate surface area is 126 Å². The fraction of sp³-hybridized carbons (Fsp3) is 0.385. The molecular formula is C13H17IN2O3. The Morgan fingerprint density at radius 3 is 2.63 bits per heavy atom. The van der Waals surface area contributed by atoms with Crippen LogP contribution in [0.3, 0.4) is 0 Å². The monoisotopic (exact) mass is 376 g/mol. The van der Waals surface area contributed by atoms with E-state index in [-0.39, 0.29) is 13.2 Å². The molecule has 19 heavy (non-hydrogen) atoms. The molecule has 0 aliphatic carbocycles. The van der Waals surface area contributed by atoms with Crippen molar-refractivity contribution >= 4 is 40.1 Å². The number of carbonyl (C=O) groups is 2. The van der Waals surface area contributed by atoms with Crippen LogP contribution in [0.5, 0.6) is 0 Å². The van der Waals surface area contributed by atoms with E-state index < -0.39 is 11.8 Å². The van der Waals surface area contributed by atoms with Crippen LogP contribution < -0.4 is 5.32 Å². The van der Waals surface area contributed by atoms with Crippen LogP contribution in [0.25, 0.3) is 0 Å². The molecule has 2 N–H and O–H groups in total. The molecule has 104 valence electrons. The maximum Gasteiger partial charge on any atom is 0.313 e. The van der Waals surface area contributed by atoms with Crippen molar-refractivity contribution in [1.29, 1.82) is 0 Å². The van der Waals surface area contributed by atoms with Gasteiger partial charge in [-0.3, -0.25) is 9.59 Å². The van der Waals surface area contributed by atoms with Crippen LogP contribution in [0.1, 0.15) is 12.5 Å². The highest BCUT2D eigenvalue weighted by atomic mass is 127. The second-order valence-corrected chi connectivity index (χ2v) is 5.27. The molecule has 0 saturated carbocycles. The van der Waals surface area contributed by atoms with Gasteiger partial charge in [0, 0.05) is 22.3 Å². The molecule has 0 aliphatic rings. The molecule has 0 spiro atoms. The summed E-state index contributed by atoms with van der Waals surface area (Å²) >= 11 is 2.18. The molecule has 5 nitrogen and oxygen atoms in total. The number of aliphatic hydroxyl groups is 1. The van der Waals surface area contributed by atoms with E-state index in [0.29, 0.717) is 12.2 Å². The predicted molar refractivity (Wildman–Crippen MR) is 81.9 cm³/mol. The molecule has 0 radical (unpaired) electrons. The first-order valence-electron chi connectivity index (χ1n) is 5.96. The molecule has 0 bridgehead atoms. The van der Waals surface area contributed by atoms with E-state index in [4.69, 9.17) is 5.11 Å². The number of nitrogens with zero attached hydrogens (tertiary/aromatic N) is 1. The summed E-state index contributed by atoms with van der Waals surface area (Å²) in [5.41, 5.74) is 1.53. The summed E-state index contributed by atoms with van der Waals surface area (Å²) in [6, 6.07) is 5.55. The first-order chi connectivity index (χ1) is 8.99. The molecule has 0 aliphatic heterocycles. The molecule has 2 amide bonds. The van der Waals surface area contributed by atoms with Crippen LogP contribution >= 0.6 is 22.6 Å². The third-order valence-electron chi connectivity index (χ3n) is 2.67. The van der Waals surface area contributed by atoms with Gasteiger partial charge in [0.1, 0.15) is 0 Å². The van der Waals surface area contributed by atoms with Crippen LogP contribution in [0.4, 0.5) is 5.69 Å². The van der Waals surface area contributed by atoms with Crippen molar-refractivity contribution in [3.8, 4) is 0 Å². The van der Waals surface area contributed by atoms with E-state index in [1.807, 2.05) is 19.1 Å². The zero-order chi connectivity index (χ0) is 14.4. The highest BCUT2D eigenvalue weighted by Crippen LogP contribution is 2.17.